The number of fused-ring (bicyclic) bond motifs is 3. The summed E-state index contributed by atoms with van der Waals surface area (Å²) in [5, 5.41) is 0. The van der Waals surface area contributed by atoms with Crippen molar-refractivity contribution in [1.29, 1.82) is 0 Å². The number of hydrogen-bond donors (Lipinski definition) is 0. The van der Waals surface area contributed by atoms with Crippen LogP contribution in [0.4, 0.5) is 0 Å². The van der Waals surface area contributed by atoms with Crippen LogP contribution in [0.15, 0.2) is 0 Å². The molecule has 0 radical (unpaired) electrons. The summed E-state index contributed by atoms with van der Waals surface area (Å²) in [6.07, 6.45) is 1.24. The summed E-state index contributed by atoms with van der Waals surface area (Å²) in [4.78, 5) is 24.8. The summed E-state index contributed by atoms with van der Waals surface area (Å²) in [7, 11) is 0. The fraction of sp³-hybridized carbons (Fsp3) is 0.600. The van der Waals surface area contributed by atoms with Crippen LogP contribution in [0.25, 0.3) is 0 Å². The lowest BCUT2D eigenvalue weighted by Gasteiger charge is -2.37. The Morgan fingerprint density at radius 3 is 2.88 bits per heavy atom. The molecule has 1 spiro atoms. The van der Waals surface area contributed by atoms with Crippen LogP contribution in [0.5, 0.6) is 5.88 Å². The molecule has 4 heterocycles. The Hall–Kier alpha value is -2.18. The highest BCUT2D eigenvalue weighted by molar-refractivity contribution is 6.99. The van der Waals surface area contributed by atoms with Crippen molar-refractivity contribution in [3.63, 3.8) is 0 Å². The van der Waals surface area contributed by atoms with E-state index in [1.807, 2.05) is 4.90 Å². The molecule has 0 amide bonds. The fourth-order valence-electron chi connectivity index (χ4n) is 3.59. The minimum absolute atomic E-state index is 0.103. The highest BCUT2D eigenvalue weighted by Gasteiger charge is 2.59. The predicted octanol–water partition coefficient (Wildman–Crippen LogP) is 0.503. The van der Waals surface area contributed by atoms with Crippen molar-refractivity contribution in [1.82, 2.24) is 13.6 Å². The zero-order valence-electron chi connectivity index (χ0n) is 13.0. The Morgan fingerprint density at radius 2 is 2.12 bits per heavy atom. The number of esters is 2. The summed E-state index contributed by atoms with van der Waals surface area (Å²) < 4.78 is 24.7. The molecule has 0 N–H and O–H groups in total. The summed E-state index contributed by atoms with van der Waals surface area (Å²) in [6, 6.07) is 0. The third-order valence-corrected chi connectivity index (χ3v) is 5.24. The van der Waals surface area contributed by atoms with E-state index < -0.39 is 17.8 Å². The second-order valence-corrected chi connectivity index (χ2v) is 6.50. The number of nitrogens with zero attached hydrogens (tertiary/aromatic N) is 3. The van der Waals surface area contributed by atoms with E-state index in [1.54, 1.807) is 6.92 Å². The molecular formula is C15H15N3O5S. The molecule has 3 aliphatic heterocycles. The predicted molar refractivity (Wildman–Crippen MR) is 80.8 cm³/mol. The van der Waals surface area contributed by atoms with Crippen molar-refractivity contribution < 1.29 is 23.8 Å². The third kappa shape index (κ3) is 2.34. The molecule has 1 aromatic heterocycles. The van der Waals surface area contributed by atoms with Gasteiger partial charge in [-0.25, -0.2) is 14.5 Å². The summed E-state index contributed by atoms with van der Waals surface area (Å²) in [5.74, 6) is 3.47. The van der Waals surface area contributed by atoms with E-state index in [0.717, 1.165) is 23.8 Å². The van der Waals surface area contributed by atoms with Gasteiger partial charge in [0.1, 0.15) is 5.69 Å². The Balaban J connectivity index is 1.54. The van der Waals surface area contributed by atoms with Crippen molar-refractivity contribution in [2.45, 2.75) is 31.6 Å². The fourth-order valence-corrected chi connectivity index (χ4v) is 4.16. The van der Waals surface area contributed by atoms with Crippen LogP contribution >= 0.6 is 11.7 Å². The molecule has 0 saturated carbocycles. The minimum atomic E-state index is -1.24. The molecule has 3 unspecified atom stereocenters. The summed E-state index contributed by atoms with van der Waals surface area (Å²) in [5.41, 5.74) is 0.804. The zero-order valence-corrected chi connectivity index (χ0v) is 13.8. The highest BCUT2D eigenvalue weighted by atomic mass is 32.1. The van der Waals surface area contributed by atoms with Crippen molar-refractivity contribution in [2.24, 2.45) is 5.92 Å². The largest absolute Gasteiger partial charge is 0.463 e. The van der Waals surface area contributed by atoms with Crippen LogP contribution in [0, 0.1) is 17.8 Å². The first-order valence-electron chi connectivity index (χ1n) is 7.69. The molecule has 3 fully saturated rings. The van der Waals surface area contributed by atoms with E-state index in [-0.39, 0.29) is 12.5 Å². The van der Waals surface area contributed by atoms with Gasteiger partial charge in [-0.05, 0) is 19.3 Å². The molecule has 3 aliphatic rings. The quantitative estimate of drug-likeness (QED) is 0.443. The zero-order chi connectivity index (χ0) is 16.7. The monoisotopic (exact) mass is 349 g/mol. The average molecular weight is 349 g/mol. The van der Waals surface area contributed by atoms with Gasteiger partial charge in [-0.3, -0.25) is 0 Å². The van der Waals surface area contributed by atoms with E-state index in [9.17, 15) is 9.59 Å². The first kappa shape index (κ1) is 15.4. The lowest BCUT2D eigenvalue weighted by Crippen LogP contribution is -2.51. The summed E-state index contributed by atoms with van der Waals surface area (Å²) >= 11 is 1.11. The van der Waals surface area contributed by atoms with E-state index in [0.29, 0.717) is 31.3 Å². The van der Waals surface area contributed by atoms with Gasteiger partial charge in [0.15, 0.2) is 6.61 Å². The van der Waals surface area contributed by atoms with Crippen molar-refractivity contribution in [3.8, 4) is 17.7 Å². The Morgan fingerprint density at radius 1 is 1.33 bits per heavy atom. The van der Waals surface area contributed by atoms with E-state index in [1.165, 1.54) is 0 Å². The van der Waals surface area contributed by atoms with Crippen molar-refractivity contribution in [2.75, 3.05) is 19.7 Å². The van der Waals surface area contributed by atoms with Crippen molar-refractivity contribution in [3.05, 3.63) is 5.69 Å². The number of carbonyl (C=O) groups excluding carboxylic acids is 2. The lowest BCUT2D eigenvalue weighted by atomic mass is 9.88. The summed E-state index contributed by atoms with van der Waals surface area (Å²) in [6.45, 7) is 3.28. The van der Waals surface area contributed by atoms with Gasteiger partial charge in [0.05, 0.1) is 11.7 Å². The molecule has 3 atom stereocenters. The topological polar surface area (TPSA) is 90.9 Å². The van der Waals surface area contributed by atoms with Gasteiger partial charge in [0.25, 0.3) is 0 Å². The SMILES string of the molecule is CC#CCOc1nsnc1C1CN2CC1CCC21OC(=O)C(=O)O1. The van der Waals surface area contributed by atoms with Crippen molar-refractivity contribution >= 4 is 23.7 Å². The second kappa shape index (κ2) is 5.72. The second-order valence-electron chi connectivity index (χ2n) is 5.97. The standard InChI is InChI=1S/C15H15N3O5S/c1-2-3-6-21-12-11(16-24-17-12)10-8-18-7-9(10)4-5-15(18)22-13(19)14(20)23-15/h9-10H,4-8H2,1H3. The molecule has 1 aromatic rings. The number of aromatic nitrogens is 2. The molecule has 0 aromatic carbocycles. The Kier molecular flexibility index (Phi) is 3.66. The van der Waals surface area contributed by atoms with Crippen LogP contribution < -0.4 is 4.74 Å². The van der Waals surface area contributed by atoms with Gasteiger partial charge in [-0.15, -0.1) is 10.3 Å². The van der Waals surface area contributed by atoms with Crippen LogP contribution in [-0.2, 0) is 19.1 Å². The smallest absolute Gasteiger partial charge is 0.421 e. The number of ether oxygens (including phenoxy) is 3. The molecule has 126 valence electrons. The number of carbonyl (C=O) groups is 2. The molecule has 0 aliphatic carbocycles. The average Bonchev–Trinajstić information content (AvgIpc) is 3.22. The lowest BCUT2D eigenvalue weighted by molar-refractivity contribution is -0.257. The maximum absolute atomic E-state index is 11.5. The van der Waals surface area contributed by atoms with Crippen LogP contribution in [0.3, 0.4) is 0 Å². The number of hydrogen-bond acceptors (Lipinski definition) is 9. The van der Waals surface area contributed by atoms with E-state index in [2.05, 4.69) is 20.6 Å². The molecule has 3 saturated heterocycles. The normalized spacial score (nSPS) is 29.8. The molecule has 8 nitrogen and oxygen atoms in total. The van der Waals surface area contributed by atoms with Crippen LogP contribution in [-0.4, -0.2) is 51.2 Å². The van der Waals surface area contributed by atoms with Gasteiger partial charge < -0.3 is 14.2 Å². The Bertz CT molecular complexity index is 736. The molecule has 9 heteroatoms. The first-order valence-corrected chi connectivity index (χ1v) is 8.42. The Labute approximate surface area is 142 Å². The maximum Gasteiger partial charge on any atom is 0.421 e. The highest BCUT2D eigenvalue weighted by Crippen LogP contribution is 2.48. The third-order valence-electron chi connectivity index (χ3n) is 4.72. The number of rotatable bonds is 3. The maximum atomic E-state index is 11.5. The van der Waals surface area contributed by atoms with Crippen LogP contribution in [0.2, 0.25) is 0 Å². The minimum Gasteiger partial charge on any atom is -0.463 e. The van der Waals surface area contributed by atoms with Gasteiger partial charge >= 0.3 is 17.8 Å². The van der Waals surface area contributed by atoms with Gasteiger partial charge in [0, 0.05) is 25.4 Å². The molecule has 2 bridgehead atoms. The van der Waals surface area contributed by atoms with E-state index >= 15 is 0 Å². The van der Waals surface area contributed by atoms with Gasteiger partial charge in [-0.1, -0.05) is 5.92 Å². The molecule has 24 heavy (non-hydrogen) atoms. The molecule has 4 rings (SSSR count). The van der Waals surface area contributed by atoms with Gasteiger partial charge in [0.2, 0.25) is 5.88 Å². The molecular weight excluding hydrogens is 334 g/mol. The van der Waals surface area contributed by atoms with Gasteiger partial charge in [-0.2, -0.15) is 4.37 Å². The first-order chi connectivity index (χ1) is 11.6. The van der Waals surface area contributed by atoms with E-state index in [4.69, 9.17) is 14.2 Å². The van der Waals surface area contributed by atoms with Crippen LogP contribution in [0.1, 0.15) is 31.4 Å². The number of piperidine rings is 1.